The number of rotatable bonds is 2. The summed E-state index contributed by atoms with van der Waals surface area (Å²) in [6.45, 7) is 1.62. The van der Waals surface area contributed by atoms with Crippen molar-refractivity contribution in [1.29, 1.82) is 0 Å². The molecule has 13 heavy (non-hydrogen) atoms. The minimum absolute atomic E-state index is 0.441. The quantitative estimate of drug-likeness (QED) is 0.602. The van der Waals surface area contributed by atoms with Gasteiger partial charge in [0.05, 0.1) is 0 Å². The SMILES string of the molecule is CNC(=O)OC1(OC)CCNCC1. The third kappa shape index (κ3) is 2.57. The number of nitrogens with one attached hydrogen (secondary N) is 2. The molecule has 1 amide bonds. The number of amides is 1. The number of hydrogen-bond donors (Lipinski definition) is 2. The van der Waals surface area contributed by atoms with Crippen molar-refractivity contribution in [2.24, 2.45) is 0 Å². The van der Waals surface area contributed by atoms with Crippen LogP contribution in [0.2, 0.25) is 0 Å². The Bertz CT molecular complexity index is 178. The van der Waals surface area contributed by atoms with Gasteiger partial charge in [0.15, 0.2) is 0 Å². The van der Waals surface area contributed by atoms with Crippen molar-refractivity contribution in [3.63, 3.8) is 0 Å². The first-order chi connectivity index (χ1) is 6.22. The number of alkyl carbamates (subject to hydrolysis) is 1. The Hall–Kier alpha value is -0.810. The first-order valence-corrected chi connectivity index (χ1v) is 4.39. The molecule has 0 aliphatic carbocycles. The first-order valence-electron chi connectivity index (χ1n) is 4.39. The van der Waals surface area contributed by atoms with Crippen LogP contribution in [-0.4, -0.2) is 39.1 Å². The van der Waals surface area contributed by atoms with Crippen molar-refractivity contribution in [1.82, 2.24) is 10.6 Å². The Labute approximate surface area is 77.8 Å². The second-order valence-corrected chi connectivity index (χ2v) is 3.00. The average Bonchev–Trinajstić information content (AvgIpc) is 2.19. The van der Waals surface area contributed by atoms with Crippen LogP contribution in [0.3, 0.4) is 0 Å². The molecule has 5 heteroatoms. The van der Waals surface area contributed by atoms with Gasteiger partial charge in [0.1, 0.15) is 0 Å². The molecule has 0 aromatic carbocycles. The van der Waals surface area contributed by atoms with E-state index in [1.54, 1.807) is 7.11 Å². The zero-order valence-corrected chi connectivity index (χ0v) is 8.05. The van der Waals surface area contributed by atoms with Crippen LogP contribution in [0.5, 0.6) is 0 Å². The van der Waals surface area contributed by atoms with Crippen molar-refractivity contribution in [3.05, 3.63) is 0 Å². The fourth-order valence-electron chi connectivity index (χ4n) is 1.38. The van der Waals surface area contributed by atoms with E-state index in [0.29, 0.717) is 12.8 Å². The minimum atomic E-state index is -0.731. The van der Waals surface area contributed by atoms with E-state index in [2.05, 4.69) is 10.6 Å². The van der Waals surface area contributed by atoms with Gasteiger partial charge in [0.2, 0.25) is 5.79 Å². The molecule has 0 aromatic rings. The minimum Gasteiger partial charge on any atom is -0.417 e. The van der Waals surface area contributed by atoms with Gasteiger partial charge in [-0.15, -0.1) is 0 Å². The van der Waals surface area contributed by atoms with Gasteiger partial charge in [-0.1, -0.05) is 0 Å². The summed E-state index contributed by atoms with van der Waals surface area (Å²) in [5, 5.41) is 5.58. The molecule has 1 saturated heterocycles. The van der Waals surface area contributed by atoms with Gasteiger partial charge in [0, 0.05) is 40.1 Å². The van der Waals surface area contributed by atoms with Crippen molar-refractivity contribution in [3.8, 4) is 0 Å². The van der Waals surface area contributed by atoms with Crippen LogP contribution in [0.1, 0.15) is 12.8 Å². The topological polar surface area (TPSA) is 59.6 Å². The molecule has 0 unspecified atom stereocenters. The smallest absolute Gasteiger partial charge is 0.409 e. The van der Waals surface area contributed by atoms with Crippen LogP contribution in [0.25, 0.3) is 0 Å². The summed E-state index contributed by atoms with van der Waals surface area (Å²) in [5.74, 6) is -0.731. The molecule has 0 aromatic heterocycles. The number of piperidine rings is 1. The summed E-state index contributed by atoms with van der Waals surface area (Å²) >= 11 is 0. The first kappa shape index (κ1) is 10.3. The molecule has 1 aliphatic heterocycles. The van der Waals surface area contributed by atoms with Crippen LogP contribution in [-0.2, 0) is 9.47 Å². The van der Waals surface area contributed by atoms with Crippen LogP contribution in [0.4, 0.5) is 4.79 Å². The van der Waals surface area contributed by atoms with E-state index in [1.807, 2.05) is 0 Å². The maximum atomic E-state index is 11.0. The van der Waals surface area contributed by atoms with Gasteiger partial charge >= 0.3 is 6.09 Å². The van der Waals surface area contributed by atoms with Gasteiger partial charge in [-0.3, -0.25) is 0 Å². The van der Waals surface area contributed by atoms with Gasteiger partial charge in [-0.2, -0.15) is 0 Å². The van der Waals surface area contributed by atoms with Gasteiger partial charge in [0.25, 0.3) is 0 Å². The highest BCUT2D eigenvalue weighted by Crippen LogP contribution is 2.23. The fourth-order valence-corrected chi connectivity index (χ4v) is 1.38. The summed E-state index contributed by atoms with van der Waals surface area (Å²) in [6, 6.07) is 0. The molecule has 0 spiro atoms. The molecule has 5 nitrogen and oxygen atoms in total. The molecule has 1 rings (SSSR count). The second-order valence-electron chi connectivity index (χ2n) is 3.00. The van der Waals surface area contributed by atoms with Gasteiger partial charge < -0.3 is 20.1 Å². The molecule has 76 valence electrons. The van der Waals surface area contributed by atoms with E-state index in [-0.39, 0.29) is 0 Å². The monoisotopic (exact) mass is 188 g/mol. The third-order valence-electron chi connectivity index (χ3n) is 2.22. The maximum absolute atomic E-state index is 11.0. The number of methoxy groups -OCH3 is 1. The lowest BCUT2D eigenvalue weighted by atomic mass is 10.1. The molecule has 1 aliphatic rings. The standard InChI is InChI=1S/C8H16N2O3/c1-9-7(11)13-8(12-2)3-5-10-6-4-8/h10H,3-6H2,1-2H3,(H,9,11). The Balaban J connectivity index is 2.52. The summed E-state index contributed by atoms with van der Waals surface area (Å²) in [5.41, 5.74) is 0. The number of carbonyl (C=O) groups is 1. The number of ether oxygens (including phenoxy) is 2. The predicted octanol–water partition coefficient (Wildman–Crippen LogP) is 0.0685. The average molecular weight is 188 g/mol. The lowest BCUT2D eigenvalue weighted by Gasteiger charge is -2.35. The van der Waals surface area contributed by atoms with Gasteiger partial charge in [-0.25, -0.2) is 4.79 Å². The van der Waals surface area contributed by atoms with E-state index >= 15 is 0 Å². The highest BCUT2D eigenvalue weighted by Gasteiger charge is 2.35. The zero-order chi connectivity index (χ0) is 9.73. The van der Waals surface area contributed by atoms with E-state index in [0.717, 1.165) is 13.1 Å². The Kier molecular flexibility index (Phi) is 3.50. The maximum Gasteiger partial charge on any atom is 0.409 e. The zero-order valence-electron chi connectivity index (χ0n) is 8.05. The van der Waals surface area contributed by atoms with Crippen LogP contribution >= 0.6 is 0 Å². The molecule has 0 bridgehead atoms. The van der Waals surface area contributed by atoms with Crippen molar-refractivity contribution in [2.45, 2.75) is 18.6 Å². The van der Waals surface area contributed by atoms with Crippen LogP contribution in [0.15, 0.2) is 0 Å². The molecular weight excluding hydrogens is 172 g/mol. The predicted molar refractivity (Wildman–Crippen MR) is 47.4 cm³/mol. The Morgan fingerprint density at radius 1 is 1.46 bits per heavy atom. The normalized spacial score (nSPS) is 20.8. The van der Waals surface area contributed by atoms with Crippen LogP contribution < -0.4 is 10.6 Å². The van der Waals surface area contributed by atoms with Crippen molar-refractivity contribution in [2.75, 3.05) is 27.2 Å². The van der Waals surface area contributed by atoms with E-state index in [4.69, 9.17) is 9.47 Å². The van der Waals surface area contributed by atoms with E-state index in [9.17, 15) is 4.79 Å². The molecule has 2 N–H and O–H groups in total. The number of hydrogen-bond acceptors (Lipinski definition) is 4. The summed E-state index contributed by atoms with van der Waals surface area (Å²) in [7, 11) is 3.10. The lowest BCUT2D eigenvalue weighted by Crippen LogP contribution is -2.47. The van der Waals surface area contributed by atoms with Crippen LogP contribution in [0, 0.1) is 0 Å². The highest BCUT2D eigenvalue weighted by atomic mass is 16.7. The molecule has 0 saturated carbocycles. The molecule has 0 radical (unpaired) electrons. The summed E-state index contributed by atoms with van der Waals surface area (Å²) in [6.07, 6.45) is 0.942. The lowest BCUT2D eigenvalue weighted by molar-refractivity contribution is -0.198. The van der Waals surface area contributed by atoms with Crippen molar-refractivity contribution < 1.29 is 14.3 Å². The van der Waals surface area contributed by atoms with Crippen molar-refractivity contribution >= 4 is 6.09 Å². The van der Waals surface area contributed by atoms with Gasteiger partial charge in [-0.05, 0) is 0 Å². The molecule has 0 atom stereocenters. The van der Waals surface area contributed by atoms with E-state index in [1.165, 1.54) is 7.05 Å². The molecule has 1 heterocycles. The number of carbonyl (C=O) groups excluding carboxylic acids is 1. The highest BCUT2D eigenvalue weighted by molar-refractivity contribution is 5.67. The fraction of sp³-hybridized carbons (Fsp3) is 0.875. The Morgan fingerprint density at radius 3 is 2.54 bits per heavy atom. The second kappa shape index (κ2) is 4.43. The summed E-state index contributed by atoms with van der Waals surface area (Å²) < 4.78 is 10.4. The molecular formula is C8H16N2O3. The molecule has 1 fully saturated rings. The Morgan fingerprint density at radius 2 is 2.08 bits per heavy atom. The summed E-state index contributed by atoms with van der Waals surface area (Å²) in [4.78, 5) is 11.0. The van der Waals surface area contributed by atoms with E-state index < -0.39 is 11.9 Å². The largest absolute Gasteiger partial charge is 0.417 e. The third-order valence-corrected chi connectivity index (χ3v) is 2.22.